The van der Waals surface area contributed by atoms with Gasteiger partial charge in [-0.3, -0.25) is 4.79 Å². The molecule has 2 rings (SSSR count). The molecule has 1 heterocycles. The van der Waals surface area contributed by atoms with E-state index in [1.54, 1.807) is 5.38 Å². The number of thiazole rings is 1. The number of nitrogens with two attached hydrogens (primary N) is 1. The van der Waals surface area contributed by atoms with Crippen LogP contribution in [-0.2, 0) is 13.0 Å². The summed E-state index contributed by atoms with van der Waals surface area (Å²) < 4.78 is 5.64. The Bertz CT molecular complexity index is 640. The highest BCUT2D eigenvalue weighted by Gasteiger charge is 2.10. The molecule has 0 saturated heterocycles. The Hall–Kier alpha value is -1.96. The summed E-state index contributed by atoms with van der Waals surface area (Å²) >= 11 is 1.46. The maximum Gasteiger partial charge on any atom is 0.271 e. The fraction of sp³-hybridized carbons (Fsp3) is 0.412. The molecular weight excluding hydrogens is 324 g/mol. The second-order valence-corrected chi connectivity index (χ2v) is 6.59. The zero-order valence-electron chi connectivity index (χ0n) is 14.1. The Balaban J connectivity index is 1.79. The fourth-order valence-electron chi connectivity index (χ4n) is 1.98. The van der Waals surface area contributed by atoms with Crippen molar-refractivity contribution in [1.29, 1.82) is 0 Å². The number of hydrogen-bond acceptors (Lipinski definition) is 6. The maximum atomic E-state index is 12.1. The van der Waals surface area contributed by atoms with Gasteiger partial charge in [-0.1, -0.05) is 12.1 Å². The van der Waals surface area contributed by atoms with Gasteiger partial charge in [0, 0.05) is 24.9 Å². The largest absolute Gasteiger partial charge is 0.492 e. The summed E-state index contributed by atoms with van der Waals surface area (Å²) in [6.07, 6.45) is 0.702. The quantitative estimate of drug-likeness (QED) is 0.718. The Morgan fingerprint density at radius 1 is 1.33 bits per heavy atom. The molecule has 24 heavy (non-hydrogen) atoms. The van der Waals surface area contributed by atoms with Crippen molar-refractivity contribution in [1.82, 2.24) is 15.2 Å². The van der Waals surface area contributed by atoms with Crippen LogP contribution in [0.15, 0.2) is 29.6 Å². The van der Waals surface area contributed by atoms with E-state index in [1.165, 1.54) is 11.3 Å². The number of hydrogen-bond donors (Lipinski definition) is 2. The summed E-state index contributed by atoms with van der Waals surface area (Å²) in [7, 11) is 4.02. The predicted octanol–water partition coefficient (Wildman–Crippen LogP) is 1.51. The topological polar surface area (TPSA) is 80.5 Å². The lowest BCUT2D eigenvalue weighted by Gasteiger charge is -2.11. The van der Waals surface area contributed by atoms with Crippen molar-refractivity contribution in [3.8, 4) is 5.75 Å². The van der Waals surface area contributed by atoms with E-state index in [0.29, 0.717) is 31.8 Å². The molecule has 0 fully saturated rings. The van der Waals surface area contributed by atoms with Gasteiger partial charge in [-0.05, 0) is 38.3 Å². The molecule has 0 atom stereocenters. The Kier molecular flexibility index (Phi) is 7.17. The molecule has 1 aromatic heterocycles. The smallest absolute Gasteiger partial charge is 0.271 e. The van der Waals surface area contributed by atoms with Crippen LogP contribution >= 0.6 is 11.3 Å². The fourth-order valence-corrected chi connectivity index (χ4v) is 2.77. The Morgan fingerprint density at radius 2 is 2.08 bits per heavy atom. The summed E-state index contributed by atoms with van der Waals surface area (Å²) in [5.41, 5.74) is 6.96. The molecule has 0 bridgehead atoms. The zero-order chi connectivity index (χ0) is 17.4. The highest BCUT2D eigenvalue weighted by Crippen LogP contribution is 2.13. The van der Waals surface area contributed by atoms with Crippen LogP contribution in [-0.4, -0.2) is 49.6 Å². The summed E-state index contributed by atoms with van der Waals surface area (Å²) in [5.74, 6) is 0.665. The van der Waals surface area contributed by atoms with E-state index in [1.807, 2.05) is 38.4 Å². The SMILES string of the molecule is CN(C)CCOc1ccc(CNC(=O)c2csc(CCN)n2)cc1. The molecule has 1 amide bonds. The number of nitrogens with zero attached hydrogens (tertiary/aromatic N) is 2. The predicted molar refractivity (Wildman–Crippen MR) is 96.5 cm³/mol. The highest BCUT2D eigenvalue weighted by atomic mass is 32.1. The average Bonchev–Trinajstić information content (AvgIpc) is 3.02. The van der Waals surface area contributed by atoms with Crippen molar-refractivity contribution in [3.63, 3.8) is 0 Å². The second kappa shape index (κ2) is 9.36. The van der Waals surface area contributed by atoms with Gasteiger partial charge in [-0.25, -0.2) is 4.98 Å². The number of likely N-dealkylation sites (N-methyl/N-ethyl adjacent to an activating group) is 1. The van der Waals surface area contributed by atoms with Crippen molar-refractivity contribution in [2.75, 3.05) is 33.8 Å². The van der Waals surface area contributed by atoms with E-state index in [-0.39, 0.29) is 5.91 Å². The molecule has 7 heteroatoms. The van der Waals surface area contributed by atoms with E-state index < -0.39 is 0 Å². The van der Waals surface area contributed by atoms with Crippen molar-refractivity contribution >= 4 is 17.2 Å². The zero-order valence-corrected chi connectivity index (χ0v) is 14.9. The molecule has 0 aliphatic carbocycles. The molecular formula is C17H24N4O2S. The number of amides is 1. The van der Waals surface area contributed by atoms with Gasteiger partial charge in [0.1, 0.15) is 18.1 Å². The van der Waals surface area contributed by atoms with Crippen LogP contribution in [0.3, 0.4) is 0 Å². The van der Waals surface area contributed by atoms with Crippen molar-refractivity contribution in [2.45, 2.75) is 13.0 Å². The van der Waals surface area contributed by atoms with Gasteiger partial charge < -0.3 is 20.7 Å². The molecule has 0 aliphatic heterocycles. The third-order valence-corrected chi connectivity index (χ3v) is 4.23. The lowest BCUT2D eigenvalue weighted by atomic mass is 10.2. The number of carbonyl (C=O) groups is 1. The van der Waals surface area contributed by atoms with E-state index in [9.17, 15) is 4.79 Å². The lowest BCUT2D eigenvalue weighted by molar-refractivity contribution is 0.0946. The van der Waals surface area contributed by atoms with Gasteiger partial charge in [-0.2, -0.15) is 0 Å². The molecule has 2 aromatic rings. The summed E-state index contributed by atoms with van der Waals surface area (Å²) in [6.45, 7) is 2.52. The first-order chi connectivity index (χ1) is 11.6. The van der Waals surface area contributed by atoms with Crippen molar-refractivity contribution in [2.24, 2.45) is 5.73 Å². The minimum absolute atomic E-state index is 0.166. The van der Waals surface area contributed by atoms with Crippen LogP contribution in [0.4, 0.5) is 0 Å². The Labute approximate surface area is 146 Å². The molecule has 0 unspecified atom stereocenters. The number of rotatable bonds is 9. The molecule has 0 spiro atoms. The normalized spacial score (nSPS) is 10.8. The number of carbonyl (C=O) groups excluding carboxylic acids is 1. The van der Waals surface area contributed by atoms with Gasteiger partial charge in [0.25, 0.3) is 5.91 Å². The van der Waals surface area contributed by atoms with E-state index >= 15 is 0 Å². The number of aromatic nitrogens is 1. The van der Waals surface area contributed by atoms with Gasteiger partial charge in [0.2, 0.25) is 0 Å². The van der Waals surface area contributed by atoms with Gasteiger partial charge in [-0.15, -0.1) is 11.3 Å². The molecule has 0 aliphatic rings. The van der Waals surface area contributed by atoms with Gasteiger partial charge in [0.05, 0.1) is 5.01 Å². The number of benzene rings is 1. The molecule has 1 aromatic carbocycles. The molecule has 130 valence electrons. The first-order valence-corrected chi connectivity index (χ1v) is 8.75. The van der Waals surface area contributed by atoms with E-state index in [4.69, 9.17) is 10.5 Å². The molecule has 6 nitrogen and oxygen atoms in total. The van der Waals surface area contributed by atoms with Crippen LogP contribution in [0.25, 0.3) is 0 Å². The van der Waals surface area contributed by atoms with Crippen LogP contribution < -0.4 is 15.8 Å². The van der Waals surface area contributed by atoms with Crippen LogP contribution in [0.2, 0.25) is 0 Å². The maximum absolute atomic E-state index is 12.1. The monoisotopic (exact) mass is 348 g/mol. The minimum atomic E-state index is -0.166. The molecule has 0 radical (unpaired) electrons. The third kappa shape index (κ3) is 5.92. The summed E-state index contributed by atoms with van der Waals surface area (Å²) in [5, 5.41) is 5.53. The van der Waals surface area contributed by atoms with Crippen LogP contribution in [0.1, 0.15) is 21.1 Å². The number of ether oxygens (including phenoxy) is 1. The van der Waals surface area contributed by atoms with Crippen LogP contribution in [0, 0.1) is 0 Å². The standard InChI is InChI=1S/C17H24N4O2S/c1-21(2)9-10-23-14-5-3-13(4-6-14)11-19-17(22)15-12-24-16(20-15)7-8-18/h3-6,12H,7-11,18H2,1-2H3,(H,19,22). The first-order valence-electron chi connectivity index (χ1n) is 7.87. The molecule has 0 saturated carbocycles. The number of nitrogens with one attached hydrogen (secondary N) is 1. The van der Waals surface area contributed by atoms with E-state index in [0.717, 1.165) is 22.9 Å². The third-order valence-electron chi connectivity index (χ3n) is 3.33. The minimum Gasteiger partial charge on any atom is -0.492 e. The lowest BCUT2D eigenvalue weighted by Crippen LogP contribution is -2.23. The van der Waals surface area contributed by atoms with Crippen LogP contribution in [0.5, 0.6) is 5.75 Å². The van der Waals surface area contributed by atoms with Crippen molar-refractivity contribution < 1.29 is 9.53 Å². The second-order valence-electron chi connectivity index (χ2n) is 5.64. The van der Waals surface area contributed by atoms with Gasteiger partial charge in [0.15, 0.2) is 0 Å². The van der Waals surface area contributed by atoms with Gasteiger partial charge >= 0.3 is 0 Å². The summed E-state index contributed by atoms with van der Waals surface area (Å²) in [6, 6.07) is 7.73. The first kappa shape index (κ1) is 18.4. The van der Waals surface area contributed by atoms with E-state index in [2.05, 4.69) is 15.2 Å². The highest BCUT2D eigenvalue weighted by molar-refractivity contribution is 7.09. The summed E-state index contributed by atoms with van der Waals surface area (Å²) in [4.78, 5) is 18.4. The van der Waals surface area contributed by atoms with Crippen molar-refractivity contribution in [3.05, 3.63) is 45.9 Å². The Morgan fingerprint density at radius 3 is 2.75 bits per heavy atom. The molecule has 3 N–H and O–H groups in total. The average molecular weight is 348 g/mol.